The zero-order valence-electron chi connectivity index (χ0n) is 18.0. The maximum Gasteiger partial charge on any atom is 0.191 e. The van der Waals surface area contributed by atoms with Crippen LogP contribution in [0.2, 0.25) is 0 Å². The summed E-state index contributed by atoms with van der Waals surface area (Å²) in [5, 5.41) is 17.5. The summed E-state index contributed by atoms with van der Waals surface area (Å²) in [4.78, 5) is 7.02. The predicted molar refractivity (Wildman–Crippen MR) is 116 cm³/mol. The van der Waals surface area contributed by atoms with Crippen LogP contribution in [0.25, 0.3) is 0 Å². The molecule has 1 aliphatic rings. The number of morpholine rings is 1. The lowest BCUT2D eigenvalue weighted by Gasteiger charge is -2.26. The Morgan fingerprint density at radius 3 is 2.70 bits per heavy atom. The van der Waals surface area contributed by atoms with Gasteiger partial charge in [0, 0.05) is 32.6 Å². The topological polar surface area (TPSA) is 95.4 Å². The van der Waals surface area contributed by atoms with Gasteiger partial charge in [0.05, 0.1) is 26.0 Å². The highest BCUT2D eigenvalue weighted by Crippen LogP contribution is 2.23. The highest BCUT2D eigenvalue weighted by molar-refractivity contribution is 5.79. The van der Waals surface area contributed by atoms with E-state index >= 15 is 0 Å². The van der Waals surface area contributed by atoms with E-state index in [0.717, 1.165) is 63.8 Å². The van der Waals surface area contributed by atoms with Crippen molar-refractivity contribution < 1.29 is 18.7 Å². The summed E-state index contributed by atoms with van der Waals surface area (Å²) in [5.74, 6) is 2.89. The van der Waals surface area contributed by atoms with E-state index in [-0.39, 0.29) is 6.54 Å². The van der Waals surface area contributed by atoms with Crippen LogP contribution >= 0.6 is 0 Å². The number of furan rings is 2. The molecule has 3 rings (SSSR count). The minimum atomic E-state index is -1.17. The SMILES string of the molecule is Cc1ccc(C(C)(O)CN=C(NCCCN2CCOCC2)NCCc2ccco2)o1. The molecule has 8 nitrogen and oxygen atoms in total. The van der Waals surface area contributed by atoms with E-state index < -0.39 is 5.60 Å². The third kappa shape index (κ3) is 7.19. The van der Waals surface area contributed by atoms with Crippen LogP contribution in [-0.2, 0) is 16.8 Å². The van der Waals surface area contributed by atoms with Crippen molar-refractivity contribution in [2.24, 2.45) is 4.99 Å². The van der Waals surface area contributed by atoms with Crippen LogP contribution in [0.3, 0.4) is 0 Å². The Bertz CT molecular complexity index is 764. The van der Waals surface area contributed by atoms with E-state index in [4.69, 9.17) is 13.6 Å². The standard InChI is InChI=1S/C22H34N4O4/c1-18-6-7-20(30-18)22(2,27)17-25-21(24-10-8-19-5-3-14-29-19)23-9-4-11-26-12-15-28-16-13-26/h3,5-7,14,27H,4,8-13,15-17H2,1-2H3,(H2,23,24,25). The van der Waals surface area contributed by atoms with Crippen molar-refractivity contribution in [3.63, 3.8) is 0 Å². The van der Waals surface area contributed by atoms with Gasteiger partial charge in [-0.2, -0.15) is 0 Å². The van der Waals surface area contributed by atoms with Gasteiger partial charge < -0.3 is 29.3 Å². The van der Waals surface area contributed by atoms with Crippen LogP contribution in [0.5, 0.6) is 0 Å². The number of nitrogens with one attached hydrogen (secondary N) is 2. The van der Waals surface area contributed by atoms with Crippen LogP contribution in [0.1, 0.15) is 30.6 Å². The monoisotopic (exact) mass is 418 g/mol. The maximum atomic E-state index is 10.8. The van der Waals surface area contributed by atoms with Gasteiger partial charge in [-0.3, -0.25) is 4.90 Å². The molecule has 1 atom stereocenters. The molecule has 2 aromatic rings. The molecule has 30 heavy (non-hydrogen) atoms. The first kappa shape index (κ1) is 22.4. The van der Waals surface area contributed by atoms with Gasteiger partial charge in [-0.15, -0.1) is 0 Å². The smallest absolute Gasteiger partial charge is 0.191 e. The van der Waals surface area contributed by atoms with E-state index in [1.807, 2.05) is 25.1 Å². The third-order valence-electron chi connectivity index (χ3n) is 5.11. The number of aliphatic hydroxyl groups is 1. The molecule has 166 valence electrons. The first-order chi connectivity index (χ1) is 14.5. The molecule has 1 aliphatic heterocycles. The molecule has 3 heterocycles. The predicted octanol–water partition coefficient (Wildman–Crippen LogP) is 1.89. The molecular formula is C22H34N4O4. The zero-order chi connectivity index (χ0) is 21.2. The first-order valence-corrected chi connectivity index (χ1v) is 10.7. The molecule has 0 aromatic carbocycles. The number of nitrogens with zero attached hydrogens (tertiary/aromatic N) is 2. The quantitative estimate of drug-likeness (QED) is 0.308. The lowest BCUT2D eigenvalue weighted by Crippen LogP contribution is -2.42. The van der Waals surface area contributed by atoms with Crippen LogP contribution in [-0.4, -0.2) is 68.4 Å². The molecule has 1 fully saturated rings. The van der Waals surface area contributed by atoms with E-state index in [1.54, 1.807) is 19.3 Å². The number of hydrogen-bond donors (Lipinski definition) is 3. The van der Waals surface area contributed by atoms with Gasteiger partial charge in [0.1, 0.15) is 22.9 Å². The second kappa shape index (κ2) is 11.2. The fourth-order valence-electron chi connectivity index (χ4n) is 3.30. The molecule has 0 bridgehead atoms. The van der Waals surface area contributed by atoms with Gasteiger partial charge in [0.25, 0.3) is 0 Å². The Morgan fingerprint density at radius 2 is 2.00 bits per heavy atom. The summed E-state index contributed by atoms with van der Waals surface area (Å²) in [6, 6.07) is 7.49. The lowest BCUT2D eigenvalue weighted by molar-refractivity contribution is 0.0375. The van der Waals surface area contributed by atoms with Gasteiger partial charge in [-0.25, -0.2) is 4.99 Å². The molecule has 0 radical (unpaired) electrons. The molecule has 3 N–H and O–H groups in total. The molecule has 8 heteroatoms. The molecule has 0 aliphatic carbocycles. The summed E-state index contributed by atoms with van der Waals surface area (Å²) in [6.45, 7) is 9.90. The summed E-state index contributed by atoms with van der Waals surface area (Å²) >= 11 is 0. The first-order valence-electron chi connectivity index (χ1n) is 10.7. The van der Waals surface area contributed by atoms with Gasteiger partial charge in [-0.05, 0) is 51.1 Å². The van der Waals surface area contributed by atoms with E-state index in [0.29, 0.717) is 18.3 Å². The highest BCUT2D eigenvalue weighted by atomic mass is 16.5. The van der Waals surface area contributed by atoms with Crippen molar-refractivity contribution in [1.29, 1.82) is 0 Å². The summed E-state index contributed by atoms with van der Waals surface area (Å²) in [6.07, 6.45) is 3.44. The minimum Gasteiger partial charge on any atom is -0.469 e. The summed E-state index contributed by atoms with van der Waals surface area (Å²) in [7, 11) is 0. The van der Waals surface area contributed by atoms with E-state index in [2.05, 4.69) is 20.5 Å². The highest BCUT2D eigenvalue weighted by Gasteiger charge is 2.26. The van der Waals surface area contributed by atoms with Gasteiger partial charge in [0.15, 0.2) is 5.96 Å². The number of guanidine groups is 1. The van der Waals surface area contributed by atoms with Crippen molar-refractivity contribution in [3.05, 3.63) is 47.8 Å². The number of rotatable bonds is 10. The fourth-order valence-corrected chi connectivity index (χ4v) is 3.30. The van der Waals surface area contributed by atoms with Gasteiger partial charge in [0.2, 0.25) is 0 Å². The van der Waals surface area contributed by atoms with E-state index in [1.165, 1.54) is 0 Å². The molecular weight excluding hydrogens is 384 g/mol. The van der Waals surface area contributed by atoms with Crippen LogP contribution in [0.15, 0.2) is 44.4 Å². The largest absolute Gasteiger partial charge is 0.469 e. The molecule has 0 spiro atoms. The average Bonchev–Trinajstić information content (AvgIpc) is 3.42. The maximum absolute atomic E-state index is 10.8. The molecule has 0 amide bonds. The number of hydrogen-bond acceptors (Lipinski definition) is 6. The molecule has 0 saturated carbocycles. The van der Waals surface area contributed by atoms with Crippen LogP contribution < -0.4 is 10.6 Å². The van der Waals surface area contributed by atoms with Crippen LogP contribution in [0.4, 0.5) is 0 Å². The number of aryl methyl sites for hydroxylation is 1. The van der Waals surface area contributed by atoms with E-state index in [9.17, 15) is 5.11 Å². The second-order valence-corrected chi connectivity index (χ2v) is 7.84. The molecule has 1 unspecified atom stereocenters. The normalized spacial score (nSPS) is 17.6. The molecule has 2 aromatic heterocycles. The summed E-state index contributed by atoms with van der Waals surface area (Å²) < 4.78 is 16.4. The zero-order valence-corrected chi connectivity index (χ0v) is 18.0. The Morgan fingerprint density at radius 1 is 1.20 bits per heavy atom. The Hall–Kier alpha value is -2.29. The van der Waals surface area contributed by atoms with Crippen molar-refractivity contribution in [3.8, 4) is 0 Å². The van der Waals surface area contributed by atoms with Crippen molar-refractivity contribution in [2.45, 2.75) is 32.3 Å². The Labute approximate surface area is 178 Å². The third-order valence-corrected chi connectivity index (χ3v) is 5.11. The van der Waals surface area contributed by atoms with Crippen molar-refractivity contribution in [2.75, 3.05) is 52.5 Å². The number of ether oxygens (including phenoxy) is 1. The lowest BCUT2D eigenvalue weighted by atomic mass is 10.0. The van der Waals surface area contributed by atoms with Gasteiger partial charge in [-0.1, -0.05) is 0 Å². The second-order valence-electron chi connectivity index (χ2n) is 7.84. The van der Waals surface area contributed by atoms with Crippen LogP contribution in [0, 0.1) is 6.92 Å². The van der Waals surface area contributed by atoms with Gasteiger partial charge >= 0.3 is 0 Å². The Kier molecular flexibility index (Phi) is 8.36. The molecule has 1 saturated heterocycles. The average molecular weight is 419 g/mol. The van der Waals surface area contributed by atoms with Crippen molar-refractivity contribution in [1.82, 2.24) is 15.5 Å². The van der Waals surface area contributed by atoms with Crippen molar-refractivity contribution >= 4 is 5.96 Å². The fraction of sp³-hybridized carbons (Fsp3) is 0.591. The Balaban J connectivity index is 1.51. The minimum absolute atomic E-state index is 0.194. The summed E-state index contributed by atoms with van der Waals surface area (Å²) in [5.41, 5.74) is -1.17. The number of aliphatic imine (C=N–C) groups is 1.